The van der Waals surface area contributed by atoms with E-state index in [0.29, 0.717) is 30.6 Å². The Labute approximate surface area is 208 Å². The molecule has 4 rings (SSSR count). The van der Waals surface area contributed by atoms with Gasteiger partial charge in [-0.1, -0.05) is 24.3 Å². The predicted octanol–water partition coefficient (Wildman–Crippen LogP) is 1.35. The standard InChI is InChI=1S/C26H29FN4O5/c1-3-30-24(33)22(23(28)31(26(30)35)13-16-7-9-18(27)10-8-16)21(32)15-29-12-11-17-5-4-6-19(20(17)14-29)25(34)36-2/h4-10,26,35H,3,11-15,28H2,1-2H3. The van der Waals surface area contributed by atoms with Gasteiger partial charge in [0.15, 0.2) is 5.78 Å². The number of hydrogen-bond acceptors (Lipinski definition) is 8. The highest BCUT2D eigenvalue weighted by Gasteiger charge is 2.40. The van der Waals surface area contributed by atoms with Crippen LogP contribution in [-0.4, -0.2) is 70.6 Å². The van der Waals surface area contributed by atoms with Crippen LogP contribution in [0.25, 0.3) is 0 Å². The normalized spacial score (nSPS) is 18.3. The van der Waals surface area contributed by atoms with Crippen LogP contribution in [0.1, 0.15) is 34.0 Å². The number of likely N-dealkylation sites (N-methyl/N-ethyl adjacent to an activating group) is 1. The number of halogens is 1. The number of ether oxygens (including phenoxy) is 1. The van der Waals surface area contributed by atoms with E-state index in [9.17, 15) is 23.9 Å². The van der Waals surface area contributed by atoms with Crippen LogP contribution in [0.15, 0.2) is 53.9 Å². The molecule has 190 valence electrons. The van der Waals surface area contributed by atoms with Gasteiger partial charge in [-0.15, -0.1) is 0 Å². The van der Waals surface area contributed by atoms with Gasteiger partial charge in [0.2, 0.25) is 6.35 Å². The summed E-state index contributed by atoms with van der Waals surface area (Å²) in [4.78, 5) is 43.1. The molecule has 9 nitrogen and oxygen atoms in total. The number of amides is 1. The van der Waals surface area contributed by atoms with E-state index in [1.54, 1.807) is 31.2 Å². The van der Waals surface area contributed by atoms with Gasteiger partial charge in [-0.2, -0.15) is 0 Å². The summed E-state index contributed by atoms with van der Waals surface area (Å²) >= 11 is 0. The molecule has 0 spiro atoms. The van der Waals surface area contributed by atoms with E-state index in [2.05, 4.69) is 0 Å². The van der Waals surface area contributed by atoms with Crippen molar-refractivity contribution in [2.24, 2.45) is 5.73 Å². The molecule has 36 heavy (non-hydrogen) atoms. The Morgan fingerprint density at radius 1 is 1.17 bits per heavy atom. The van der Waals surface area contributed by atoms with Crippen molar-refractivity contribution in [1.82, 2.24) is 14.7 Å². The predicted molar refractivity (Wildman–Crippen MR) is 128 cm³/mol. The number of carbonyl (C=O) groups is 3. The molecule has 1 unspecified atom stereocenters. The fraction of sp³-hybridized carbons (Fsp3) is 0.346. The SMILES string of the molecule is CCN1C(=O)C(C(=O)CN2CCc3cccc(C(=O)OC)c3C2)=C(N)N(Cc2ccc(F)cc2)C1O. The number of methoxy groups -OCH3 is 1. The molecule has 1 atom stereocenters. The second-order valence-corrected chi connectivity index (χ2v) is 8.77. The molecule has 1 amide bonds. The molecular weight excluding hydrogens is 467 g/mol. The highest BCUT2D eigenvalue weighted by molar-refractivity contribution is 6.20. The highest BCUT2D eigenvalue weighted by Crippen LogP contribution is 2.27. The van der Waals surface area contributed by atoms with Gasteiger partial charge in [0.05, 0.1) is 19.2 Å². The molecule has 0 bridgehead atoms. The molecule has 0 fully saturated rings. The number of fused-ring (bicyclic) bond motifs is 1. The smallest absolute Gasteiger partial charge is 0.338 e. The van der Waals surface area contributed by atoms with Gasteiger partial charge in [0.25, 0.3) is 5.91 Å². The van der Waals surface area contributed by atoms with Crippen molar-refractivity contribution in [2.75, 3.05) is 26.7 Å². The van der Waals surface area contributed by atoms with Crippen molar-refractivity contribution in [3.05, 3.63) is 81.9 Å². The summed E-state index contributed by atoms with van der Waals surface area (Å²) in [5.74, 6) is -2.10. The zero-order valence-electron chi connectivity index (χ0n) is 20.2. The lowest BCUT2D eigenvalue weighted by Crippen LogP contribution is -2.58. The first-order valence-corrected chi connectivity index (χ1v) is 11.7. The molecule has 2 aliphatic rings. The lowest BCUT2D eigenvalue weighted by atomic mass is 9.94. The van der Waals surface area contributed by atoms with Crippen molar-refractivity contribution in [2.45, 2.75) is 32.8 Å². The van der Waals surface area contributed by atoms with E-state index in [1.165, 1.54) is 24.1 Å². The highest BCUT2D eigenvalue weighted by atomic mass is 19.1. The summed E-state index contributed by atoms with van der Waals surface area (Å²) in [6.45, 7) is 2.74. The number of esters is 1. The number of ketones is 1. The van der Waals surface area contributed by atoms with E-state index in [0.717, 1.165) is 16.0 Å². The van der Waals surface area contributed by atoms with Crippen LogP contribution >= 0.6 is 0 Å². The van der Waals surface area contributed by atoms with E-state index in [-0.39, 0.29) is 31.0 Å². The number of aliphatic hydroxyl groups excluding tert-OH is 1. The Morgan fingerprint density at radius 2 is 1.89 bits per heavy atom. The van der Waals surface area contributed by atoms with Crippen molar-refractivity contribution in [3.8, 4) is 0 Å². The number of nitrogens with two attached hydrogens (primary N) is 1. The molecule has 0 aliphatic carbocycles. The van der Waals surface area contributed by atoms with E-state index < -0.39 is 29.8 Å². The maximum absolute atomic E-state index is 13.4. The van der Waals surface area contributed by atoms with Crippen LogP contribution in [0.4, 0.5) is 4.39 Å². The minimum Gasteiger partial charge on any atom is -0.465 e. The molecule has 2 aromatic rings. The lowest BCUT2D eigenvalue weighted by molar-refractivity contribution is -0.158. The summed E-state index contributed by atoms with van der Waals surface area (Å²) in [5, 5.41) is 10.8. The Bertz CT molecular complexity index is 1210. The molecular formula is C26H29FN4O5. The van der Waals surface area contributed by atoms with E-state index in [1.807, 2.05) is 11.0 Å². The van der Waals surface area contributed by atoms with Gasteiger partial charge in [0.1, 0.15) is 17.2 Å². The third-order valence-electron chi connectivity index (χ3n) is 6.61. The molecule has 0 aromatic heterocycles. The summed E-state index contributed by atoms with van der Waals surface area (Å²) in [6.07, 6.45) is -0.736. The minimum atomic E-state index is -1.37. The van der Waals surface area contributed by atoms with Gasteiger partial charge in [0, 0.05) is 26.2 Å². The van der Waals surface area contributed by atoms with Crippen molar-refractivity contribution in [1.29, 1.82) is 0 Å². The quantitative estimate of drug-likeness (QED) is 0.436. The molecule has 2 aliphatic heterocycles. The van der Waals surface area contributed by atoms with Crippen LogP contribution in [0.2, 0.25) is 0 Å². The number of nitrogens with zero attached hydrogens (tertiary/aromatic N) is 3. The van der Waals surface area contributed by atoms with Crippen molar-refractivity contribution >= 4 is 17.7 Å². The summed E-state index contributed by atoms with van der Waals surface area (Å²) in [7, 11) is 1.32. The monoisotopic (exact) mass is 496 g/mol. The number of Topliss-reactive ketones (excluding diaryl/α,β-unsaturated/α-hetero) is 1. The summed E-state index contributed by atoms with van der Waals surface area (Å²) in [5.41, 5.74) is 9.00. The number of rotatable bonds is 7. The molecule has 0 saturated heterocycles. The van der Waals surface area contributed by atoms with Crippen LogP contribution in [0, 0.1) is 5.82 Å². The van der Waals surface area contributed by atoms with Gasteiger partial charge in [-0.25, -0.2) is 9.18 Å². The Kier molecular flexibility index (Phi) is 7.37. The fourth-order valence-electron chi connectivity index (χ4n) is 4.67. The van der Waals surface area contributed by atoms with Crippen LogP contribution in [0.5, 0.6) is 0 Å². The lowest BCUT2D eigenvalue weighted by Gasteiger charge is -2.42. The molecule has 2 heterocycles. The molecule has 3 N–H and O–H groups in total. The zero-order chi connectivity index (χ0) is 26.0. The van der Waals surface area contributed by atoms with Gasteiger partial charge >= 0.3 is 5.97 Å². The van der Waals surface area contributed by atoms with Gasteiger partial charge < -0.3 is 20.5 Å². The first-order valence-electron chi connectivity index (χ1n) is 11.7. The maximum atomic E-state index is 13.4. The average molecular weight is 497 g/mol. The fourth-order valence-corrected chi connectivity index (χ4v) is 4.67. The third kappa shape index (κ3) is 4.82. The van der Waals surface area contributed by atoms with Crippen LogP contribution in [0.3, 0.4) is 0 Å². The first kappa shape index (κ1) is 25.3. The molecule has 0 radical (unpaired) electrons. The van der Waals surface area contributed by atoms with Gasteiger partial charge in [-0.3, -0.25) is 19.4 Å². The summed E-state index contributed by atoms with van der Waals surface area (Å²) < 4.78 is 18.2. The Morgan fingerprint density at radius 3 is 2.56 bits per heavy atom. The second kappa shape index (κ2) is 10.5. The Balaban J connectivity index is 1.59. The number of benzene rings is 2. The third-order valence-corrected chi connectivity index (χ3v) is 6.61. The molecule has 2 aromatic carbocycles. The second-order valence-electron chi connectivity index (χ2n) is 8.77. The van der Waals surface area contributed by atoms with Crippen LogP contribution < -0.4 is 5.73 Å². The van der Waals surface area contributed by atoms with Crippen LogP contribution in [-0.2, 0) is 33.8 Å². The van der Waals surface area contributed by atoms with Crippen molar-refractivity contribution in [3.63, 3.8) is 0 Å². The molecule has 0 saturated carbocycles. The number of hydrogen-bond donors (Lipinski definition) is 2. The average Bonchev–Trinajstić information content (AvgIpc) is 2.87. The number of aliphatic hydroxyl groups is 1. The minimum absolute atomic E-state index is 0.0768. The first-order chi connectivity index (χ1) is 17.2. The van der Waals surface area contributed by atoms with Crippen molar-refractivity contribution < 1.29 is 28.6 Å². The summed E-state index contributed by atoms with van der Waals surface area (Å²) in [6, 6.07) is 11.1. The zero-order valence-corrected chi connectivity index (χ0v) is 20.2. The number of carbonyl (C=O) groups excluding carboxylic acids is 3. The largest absolute Gasteiger partial charge is 0.465 e. The van der Waals surface area contributed by atoms with E-state index in [4.69, 9.17) is 10.5 Å². The maximum Gasteiger partial charge on any atom is 0.338 e. The van der Waals surface area contributed by atoms with Gasteiger partial charge in [-0.05, 0) is 48.2 Å². The Hall–Kier alpha value is -3.76. The topological polar surface area (TPSA) is 116 Å². The van der Waals surface area contributed by atoms with E-state index >= 15 is 0 Å². The molecule has 10 heteroatoms.